The van der Waals surface area contributed by atoms with E-state index in [0.717, 1.165) is 36.4 Å². The third kappa shape index (κ3) is 6.99. The van der Waals surface area contributed by atoms with E-state index in [0.29, 0.717) is 50.3 Å². The first kappa shape index (κ1) is 27.8. The van der Waals surface area contributed by atoms with E-state index in [2.05, 4.69) is 0 Å². The monoisotopic (exact) mass is 536 g/mol. The van der Waals surface area contributed by atoms with Crippen molar-refractivity contribution in [1.29, 1.82) is 0 Å². The number of carbonyl (C=O) groups excluding carboxylic acids is 2. The summed E-state index contributed by atoms with van der Waals surface area (Å²) in [5.41, 5.74) is 1.29. The molecule has 1 saturated heterocycles. The second-order valence-electron chi connectivity index (χ2n) is 11.1. The average Bonchev–Trinajstić information content (AvgIpc) is 3.12. The molecule has 2 amide bonds. The van der Waals surface area contributed by atoms with Gasteiger partial charge in [0.25, 0.3) is 0 Å². The van der Waals surface area contributed by atoms with Crippen molar-refractivity contribution in [3.63, 3.8) is 0 Å². The number of aryl methyl sites for hydroxylation is 2. The molecule has 3 heterocycles. The summed E-state index contributed by atoms with van der Waals surface area (Å²) < 4.78 is 52.2. The van der Waals surface area contributed by atoms with Crippen LogP contribution < -0.4 is 0 Å². The van der Waals surface area contributed by atoms with Gasteiger partial charge in [0.1, 0.15) is 12.2 Å². The summed E-state index contributed by atoms with van der Waals surface area (Å²) in [7, 11) is 0. The Morgan fingerprint density at radius 3 is 2.34 bits per heavy atom. The highest BCUT2D eigenvalue weighted by atomic mass is 19.4. The molecule has 8 nitrogen and oxygen atoms in total. The van der Waals surface area contributed by atoms with Crippen molar-refractivity contribution >= 4 is 12.2 Å². The fourth-order valence-electron chi connectivity index (χ4n) is 4.87. The Bertz CT molecular complexity index is 1160. The van der Waals surface area contributed by atoms with Crippen molar-refractivity contribution < 1.29 is 32.2 Å². The number of carbonyl (C=O) groups is 2. The van der Waals surface area contributed by atoms with Gasteiger partial charge in [-0.3, -0.25) is 4.68 Å². The van der Waals surface area contributed by atoms with Crippen LogP contribution in [0.5, 0.6) is 0 Å². The molecule has 0 spiro atoms. The summed E-state index contributed by atoms with van der Waals surface area (Å²) in [5.74, 6) is 0.206. The number of amides is 2. The van der Waals surface area contributed by atoms with Crippen molar-refractivity contribution in [3.8, 4) is 0 Å². The van der Waals surface area contributed by atoms with Crippen LogP contribution >= 0.6 is 0 Å². The Morgan fingerprint density at radius 1 is 0.974 bits per heavy atom. The Labute approximate surface area is 220 Å². The van der Waals surface area contributed by atoms with Gasteiger partial charge >= 0.3 is 18.4 Å². The molecule has 4 rings (SSSR count). The summed E-state index contributed by atoms with van der Waals surface area (Å²) in [6.07, 6.45) is -3.09. The van der Waals surface area contributed by atoms with Gasteiger partial charge in [0.05, 0.1) is 23.5 Å². The van der Waals surface area contributed by atoms with E-state index in [1.807, 2.05) is 31.5 Å². The maximum atomic E-state index is 13.1. The molecule has 0 bridgehead atoms. The Kier molecular flexibility index (Phi) is 7.94. The second kappa shape index (κ2) is 10.9. The largest absolute Gasteiger partial charge is 0.445 e. The zero-order valence-electron chi connectivity index (χ0n) is 22.3. The van der Waals surface area contributed by atoms with Crippen LogP contribution in [0.25, 0.3) is 0 Å². The van der Waals surface area contributed by atoms with Gasteiger partial charge in [-0.1, -0.05) is 11.6 Å². The fourth-order valence-corrected chi connectivity index (χ4v) is 4.87. The number of fused-ring (bicyclic) bond motifs is 1. The van der Waals surface area contributed by atoms with E-state index < -0.39 is 23.4 Å². The lowest BCUT2D eigenvalue weighted by molar-refractivity contribution is -0.137. The predicted octanol–water partition coefficient (Wildman–Crippen LogP) is 5.87. The third-order valence-corrected chi connectivity index (χ3v) is 6.68. The molecule has 0 aliphatic carbocycles. The van der Waals surface area contributed by atoms with Gasteiger partial charge in [-0.2, -0.15) is 18.3 Å². The number of aromatic nitrogens is 2. The van der Waals surface area contributed by atoms with Gasteiger partial charge in [-0.25, -0.2) is 9.59 Å². The van der Waals surface area contributed by atoms with E-state index in [4.69, 9.17) is 14.6 Å². The summed E-state index contributed by atoms with van der Waals surface area (Å²) in [6, 6.07) is 5.67. The number of piperidine rings is 1. The molecular formula is C27H35F3N4O4. The Balaban J connectivity index is 1.35. The number of ether oxygens (including phenoxy) is 2. The summed E-state index contributed by atoms with van der Waals surface area (Å²) >= 11 is 0. The molecule has 11 heteroatoms. The summed E-state index contributed by atoms with van der Waals surface area (Å²) in [5, 5.41) is 4.79. The quantitative estimate of drug-likeness (QED) is 0.491. The number of nitrogens with zero attached hydrogens (tertiary/aromatic N) is 4. The van der Waals surface area contributed by atoms with Crippen molar-refractivity contribution in [1.82, 2.24) is 19.6 Å². The lowest BCUT2D eigenvalue weighted by Gasteiger charge is -2.32. The highest BCUT2D eigenvalue weighted by Crippen LogP contribution is 2.31. The Hall–Kier alpha value is -3.24. The molecule has 2 aliphatic rings. The number of halogens is 3. The van der Waals surface area contributed by atoms with Crippen molar-refractivity contribution in [2.24, 2.45) is 0 Å². The van der Waals surface area contributed by atoms with Crippen LogP contribution in [0.4, 0.5) is 22.8 Å². The zero-order valence-corrected chi connectivity index (χ0v) is 22.3. The topological polar surface area (TPSA) is 76.9 Å². The highest BCUT2D eigenvalue weighted by Gasteiger charge is 2.32. The van der Waals surface area contributed by atoms with Gasteiger partial charge < -0.3 is 19.3 Å². The lowest BCUT2D eigenvalue weighted by atomic mass is 9.93. The van der Waals surface area contributed by atoms with Crippen LogP contribution in [0.15, 0.2) is 24.3 Å². The number of likely N-dealkylation sites (tertiary alicyclic amines) is 1. The molecule has 0 saturated carbocycles. The molecule has 2 aliphatic heterocycles. The SMILES string of the molecule is Cc1cc(COC(=O)N2CCCn3nc(C4CCN(C(=O)OC(C)(C)C)CC4)cc3C2)cc(C(F)(F)F)c1. The van der Waals surface area contributed by atoms with E-state index >= 15 is 0 Å². The lowest BCUT2D eigenvalue weighted by Crippen LogP contribution is -2.41. The van der Waals surface area contributed by atoms with Gasteiger partial charge in [-0.15, -0.1) is 0 Å². The molecule has 0 radical (unpaired) electrons. The van der Waals surface area contributed by atoms with Crippen LogP contribution in [0.2, 0.25) is 0 Å². The molecule has 1 aromatic carbocycles. The zero-order chi connectivity index (χ0) is 27.7. The number of benzene rings is 1. The second-order valence-corrected chi connectivity index (χ2v) is 11.1. The van der Waals surface area contributed by atoms with E-state index in [1.54, 1.807) is 22.8 Å². The number of rotatable bonds is 3. The molecule has 1 fully saturated rings. The minimum Gasteiger partial charge on any atom is -0.445 e. The smallest absolute Gasteiger partial charge is 0.416 e. The van der Waals surface area contributed by atoms with Crippen LogP contribution in [-0.2, 0) is 35.3 Å². The molecule has 38 heavy (non-hydrogen) atoms. The number of hydrogen-bond donors (Lipinski definition) is 0. The summed E-state index contributed by atoms with van der Waals surface area (Å²) in [6.45, 7) is 9.50. The van der Waals surface area contributed by atoms with Gasteiger partial charge in [0.2, 0.25) is 0 Å². The molecule has 1 aromatic heterocycles. The van der Waals surface area contributed by atoms with E-state index in [-0.39, 0.29) is 18.6 Å². The number of alkyl halides is 3. The van der Waals surface area contributed by atoms with Crippen molar-refractivity contribution in [2.45, 2.75) is 84.3 Å². The molecule has 0 atom stereocenters. The average molecular weight is 537 g/mol. The van der Waals surface area contributed by atoms with Crippen LogP contribution in [0.1, 0.15) is 74.0 Å². The van der Waals surface area contributed by atoms with E-state index in [9.17, 15) is 22.8 Å². The van der Waals surface area contributed by atoms with Crippen LogP contribution in [-0.4, -0.2) is 57.0 Å². The van der Waals surface area contributed by atoms with E-state index in [1.165, 1.54) is 0 Å². The fraction of sp³-hybridized carbons (Fsp3) is 0.593. The molecule has 208 valence electrons. The van der Waals surface area contributed by atoms with Gasteiger partial charge in [0.15, 0.2) is 0 Å². The number of hydrogen-bond acceptors (Lipinski definition) is 5. The first-order valence-corrected chi connectivity index (χ1v) is 12.9. The van der Waals surface area contributed by atoms with Crippen molar-refractivity contribution in [3.05, 3.63) is 52.3 Å². The van der Waals surface area contributed by atoms with Gasteiger partial charge in [0, 0.05) is 32.1 Å². The normalized spacial score (nSPS) is 17.1. The van der Waals surface area contributed by atoms with Gasteiger partial charge in [-0.05, 0) is 70.7 Å². The minimum atomic E-state index is -4.46. The minimum absolute atomic E-state index is 0.206. The molecule has 0 unspecified atom stereocenters. The predicted molar refractivity (Wildman–Crippen MR) is 133 cm³/mol. The highest BCUT2D eigenvalue weighted by molar-refractivity contribution is 5.68. The molecular weight excluding hydrogens is 501 g/mol. The standard InChI is InChI=1S/C27H35F3N4O4/c1-18-12-19(14-21(13-18)27(28,29)30)17-37-24(35)33-8-5-9-34-22(16-33)15-23(31-34)20-6-10-32(11-7-20)25(36)38-26(2,3)4/h12-15,20H,5-11,16-17H2,1-4H3. The molecule has 2 aromatic rings. The Morgan fingerprint density at radius 2 is 1.68 bits per heavy atom. The third-order valence-electron chi connectivity index (χ3n) is 6.68. The van der Waals surface area contributed by atoms with Crippen LogP contribution in [0.3, 0.4) is 0 Å². The summed E-state index contributed by atoms with van der Waals surface area (Å²) in [4.78, 5) is 28.5. The maximum absolute atomic E-state index is 13.1. The van der Waals surface area contributed by atoms with Crippen molar-refractivity contribution in [2.75, 3.05) is 19.6 Å². The van der Waals surface area contributed by atoms with Crippen LogP contribution in [0, 0.1) is 6.92 Å². The maximum Gasteiger partial charge on any atom is 0.416 e. The first-order chi connectivity index (χ1) is 17.8. The first-order valence-electron chi connectivity index (χ1n) is 12.9. The molecule has 0 N–H and O–H groups in total.